The van der Waals surface area contributed by atoms with Crippen LogP contribution in [0.4, 0.5) is 5.00 Å². The van der Waals surface area contributed by atoms with Gasteiger partial charge in [0.2, 0.25) is 0 Å². The number of carbonyl (C=O) groups excluding carboxylic acids is 3. The summed E-state index contributed by atoms with van der Waals surface area (Å²) in [5.41, 5.74) is 1.37. The second-order valence-electron chi connectivity index (χ2n) is 8.12. The average Bonchev–Trinajstić information content (AvgIpc) is 3.33. The van der Waals surface area contributed by atoms with Crippen molar-refractivity contribution in [3.05, 3.63) is 57.0 Å². The summed E-state index contributed by atoms with van der Waals surface area (Å²) >= 11 is 1.27. The van der Waals surface area contributed by atoms with Crippen molar-refractivity contribution < 1.29 is 23.9 Å². The summed E-state index contributed by atoms with van der Waals surface area (Å²) in [5, 5.41) is 4.02. The molecule has 1 aromatic carbocycles. The number of H-pyrrole nitrogens is 1. The van der Waals surface area contributed by atoms with E-state index in [4.69, 9.17) is 9.47 Å². The summed E-state index contributed by atoms with van der Waals surface area (Å²) in [6.45, 7) is 6.03. The number of aryl methyl sites for hydroxylation is 1. The van der Waals surface area contributed by atoms with Crippen molar-refractivity contribution >= 4 is 45.1 Å². The molecule has 2 heterocycles. The molecule has 1 atom stereocenters. The van der Waals surface area contributed by atoms with E-state index in [-0.39, 0.29) is 31.6 Å². The zero-order valence-corrected chi connectivity index (χ0v) is 21.6. The maximum absolute atomic E-state index is 12.9. The highest BCUT2D eigenvalue weighted by molar-refractivity contribution is 7.18. The molecule has 0 aliphatic rings. The minimum absolute atomic E-state index is 0.0142. The van der Waals surface area contributed by atoms with E-state index in [0.29, 0.717) is 28.1 Å². The van der Waals surface area contributed by atoms with Gasteiger partial charge in [0.15, 0.2) is 0 Å². The third kappa shape index (κ3) is 6.91. The zero-order valence-electron chi connectivity index (χ0n) is 20.8. The van der Waals surface area contributed by atoms with Crippen molar-refractivity contribution in [3.63, 3.8) is 0 Å². The van der Waals surface area contributed by atoms with E-state index in [9.17, 15) is 19.2 Å². The lowest BCUT2D eigenvalue weighted by Crippen LogP contribution is -2.42. The van der Waals surface area contributed by atoms with Crippen LogP contribution in [-0.4, -0.2) is 54.1 Å². The van der Waals surface area contributed by atoms with Gasteiger partial charge in [-0.15, -0.1) is 11.3 Å². The number of anilines is 1. The molecule has 0 saturated heterocycles. The Morgan fingerprint density at radius 2 is 1.89 bits per heavy atom. The molecule has 0 aliphatic heterocycles. The first-order chi connectivity index (χ1) is 17.2. The third-order valence-electron chi connectivity index (χ3n) is 5.32. The lowest BCUT2D eigenvalue weighted by Gasteiger charge is -2.18. The maximum Gasteiger partial charge on any atom is 0.328 e. The Balaban J connectivity index is 1.68. The summed E-state index contributed by atoms with van der Waals surface area (Å²) < 4.78 is 9.95. The third-order valence-corrected chi connectivity index (χ3v) is 6.52. The molecule has 3 aromatic rings. The fourth-order valence-corrected chi connectivity index (χ4v) is 4.49. The number of thiophene rings is 1. The SMILES string of the molecule is CCOC(=O)CC[C@@H](NC(=O)c1ccc(N(C)Cc2ccc3nc(C)[nH]c(=O)c3c2)s1)C(=O)OCC. The van der Waals surface area contributed by atoms with Crippen molar-refractivity contribution in [2.24, 2.45) is 0 Å². The molecule has 2 N–H and O–H groups in total. The lowest BCUT2D eigenvalue weighted by atomic mass is 10.1. The minimum Gasteiger partial charge on any atom is -0.466 e. The molecule has 0 unspecified atom stereocenters. The number of nitrogens with one attached hydrogen (secondary N) is 2. The van der Waals surface area contributed by atoms with Gasteiger partial charge in [0.25, 0.3) is 11.5 Å². The van der Waals surface area contributed by atoms with E-state index in [1.807, 2.05) is 36.2 Å². The highest BCUT2D eigenvalue weighted by Gasteiger charge is 2.25. The van der Waals surface area contributed by atoms with Gasteiger partial charge in [0.05, 0.1) is 34.0 Å². The Hall–Kier alpha value is -3.73. The smallest absolute Gasteiger partial charge is 0.328 e. The molecule has 1 amide bonds. The zero-order chi connectivity index (χ0) is 26.2. The molecule has 0 saturated carbocycles. The molecule has 10 nitrogen and oxygen atoms in total. The van der Waals surface area contributed by atoms with E-state index in [2.05, 4.69) is 15.3 Å². The van der Waals surface area contributed by atoms with E-state index >= 15 is 0 Å². The molecular weight excluding hydrogens is 484 g/mol. The number of nitrogens with zero attached hydrogens (tertiary/aromatic N) is 2. The number of benzene rings is 1. The summed E-state index contributed by atoms with van der Waals surface area (Å²) in [6, 6.07) is 8.08. The Morgan fingerprint density at radius 1 is 1.14 bits per heavy atom. The fraction of sp³-hybridized carbons (Fsp3) is 0.400. The molecule has 0 aliphatic carbocycles. The van der Waals surface area contributed by atoms with Gasteiger partial charge in [0, 0.05) is 20.0 Å². The van der Waals surface area contributed by atoms with Crippen LogP contribution in [0.25, 0.3) is 10.9 Å². The van der Waals surface area contributed by atoms with Crippen LogP contribution >= 0.6 is 11.3 Å². The molecule has 3 rings (SSSR count). The predicted molar refractivity (Wildman–Crippen MR) is 137 cm³/mol. The number of ether oxygens (including phenoxy) is 2. The molecule has 36 heavy (non-hydrogen) atoms. The monoisotopic (exact) mass is 514 g/mol. The highest BCUT2D eigenvalue weighted by atomic mass is 32.1. The van der Waals surface area contributed by atoms with Crippen molar-refractivity contribution in [2.45, 2.75) is 46.2 Å². The van der Waals surface area contributed by atoms with Gasteiger partial charge in [-0.05, 0) is 57.0 Å². The number of hydrogen-bond donors (Lipinski definition) is 2. The largest absolute Gasteiger partial charge is 0.466 e. The number of amides is 1. The Kier molecular flexibility index (Phi) is 9.18. The first-order valence-corrected chi connectivity index (χ1v) is 12.5. The Morgan fingerprint density at radius 3 is 2.61 bits per heavy atom. The summed E-state index contributed by atoms with van der Waals surface area (Å²) in [4.78, 5) is 58.6. The Bertz CT molecular complexity index is 1300. The first kappa shape index (κ1) is 26.9. The van der Waals surface area contributed by atoms with Crippen molar-refractivity contribution in [2.75, 3.05) is 25.2 Å². The maximum atomic E-state index is 12.9. The minimum atomic E-state index is -0.960. The number of aromatic nitrogens is 2. The summed E-state index contributed by atoms with van der Waals surface area (Å²) in [7, 11) is 1.89. The van der Waals surface area contributed by atoms with Gasteiger partial charge in [-0.25, -0.2) is 9.78 Å². The second kappa shape index (κ2) is 12.3. The predicted octanol–water partition coefficient (Wildman–Crippen LogP) is 2.93. The first-order valence-electron chi connectivity index (χ1n) is 11.7. The quantitative estimate of drug-likeness (QED) is 0.374. The van der Waals surface area contributed by atoms with Gasteiger partial charge in [-0.3, -0.25) is 14.4 Å². The molecule has 192 valence electrons. The standard InChI is InChI=1S/C25H30N4O6S/c1-5-34-22(30)12-9-19(25(33)35-6-2)28-24(32)20-10-11-21(36-20)29(4)14-16-7-8-18-17(13-16)23(31)27-15(3)26-18/h7-8,10-11,13,19H,5-6,9,12,14H2,1-4H3,(H,28,32)(H,26,27,31)/t19-/m1/s1. The second-order valence-corrected chi connectivity index (χ2v) is 9.18. The van der Waals surface area contributed by atoms with Crippen LogP contribution in [0.5, 0.6) is 0 Å². The fourth-order valence-electron chi connectivity index (χ4n) is 3.62. The van der Waals surface area contributed by atoms with E-state index in [1.54, 1.807) is 26.8 Å². The van der Waals surface area contributed by atoms with Crippen LogP contribution in [0, 0.1) is 6.92 Å². The topological polar surface area (TPSA) is 131 Å². The van der Waals surface area contributed by atoms with Crippen LogP contribution < -0.4 is 15.8 Å². The lowest BCUT2D eigenvalue weighted by molar-refractivity contribution is -0.146. The van der Waals surface area contributed by atoms with E-state index in [0.717, 1.165) is 10.6 Å². The summed E-state index contributed by atoms with van der Waals surface area (Å²) in [5.74, 6) is -0.907. The van der Waals surface area contributed by atoms with Gasteiger partial charge in [-0.2, -0.15) is 0 Å². The molecule has 0 spiro atoms. The van der Waals surface area contributed by atoms with Crippen molar-refractivity contribution in [1.82, 2.24) is 15.3 Å². The van der Waals surface area contributed by atoms with Crippen LogP contribution in [0.15, 0.2) is 35.1 Å². The number of rotatable bonds is 11. The number of aromatic amines is 1. The molecule has 11 heteroatoms. The molecule has 2 aromatic heterocycles. The summed E-state index contributed by atoms with van der Waals surface area (Å²) in [6.07, 6.45) is 0.0662. The molecular formula is C25H30N4O6S. The number of hydrogen-bond acceptors (Lipinski definition) is 9. The normalized spacial score (nSPS) is 11.7. The highest BCUT2D eigenvalue weighted by Crippen LogP contribution is 2.27. The van der Waals surface area contributed by atoms with E-state index < -0.39 is 23.9 Å². The number of esters is 2. The van der Waals surface area contributed by atoms with Gasteiger partial charge in [-0.1, -0.05) is 6.07 Å². The van der Waals surface area contributed by atoms with Crippen LogP contribution in [0.2, 0.25) is 0 Å². The molecule has 0 bridgehead atoms. The number of fused-ring (bicyclic) bond motifs is 1. The van der Waals surface area contributed by atoms with Gasteiger partial charge < -0.3 is 24.7 Å². The molecule has 0 radical (unpaired) electrons. The van der Waals surface area contributed by atoms with E-state index in [1.165, 1.54) is 11.3 Å². The van der Waals surface area contributed by atoms with Crippen LogP contribution in [0.3, 0.4) is 0 Å². The van der Waals surface area contributed by atoms with Gasteiger partial charge in [0.1, 0.15) is 11.9 Å². The molecule has 0 fully saturated rings. The van der Waals surface area contributed by atoms with Crippen molar-refractivity contribution in [3.8, 4) is 0 Å². The average molecular weight is 515 g/mol. The van der Waals surface area contributed by atoms with Crippen molar-refractivity contribution in [1.29, 1.82) is 0 Å². The van der Waals surface area contributed by atoms with Crippen LogP contribution in [0.1, 0.15) is 47.7 Å². The van der Waals surface area contributed by atoms with Gasteiger partial charge >= 0.3 is 11.9 Å². The Labute approximate surface area is 212 Å². The van der Waals surface area contributed by atoms with Crippen LogP contribution in [-0.2, 0) is 25.6 Å². The number of carbonyl (C=O) groups is 3.